The topological polar surface area (TPSA) is 63.3 Å². The fraction of sp³-hybridized carbons (Fsp3) is 0.500. The first-order chi connectivity index (χ1) is 6.32. The van der Waals surface area contributed by atoms with Crippen molar-refractivity contribution in [2.24, 2.45) is 5.73 Å². The van der Waals surface area contributed by atoms with E-state index < -0.39 is 12.0 Å². The predicted octanol–water partition coefficient (Wildman–Crippen LogP) is 1.56. The number of carbonyl (C=O) groups excluding carboxylic acids is 1. The number of amides is 1. The molecule has 0 saturated carbocycles. The standard InChI is InChI=1S/C10H15NO2S/c1-10(2,3)7-5-4-6(14-7)8(12)9(11)13/h4-5,8,12H,1-3H3,(H2,11,13). The maximum Gasteiger partial charge on any atom is 0.251 e. The van der Waals surface area contributed by atoms with Crippen LogP contribution in [0.2, 0.25) is 0 Å². The average molecular weight is 213 g/mol. The first-order valence-electron chi connectivity index (χ1n) is 4.40. The fourth-order valence-electron chi connectivity index (χ4n) is 1.04. The molecule has 14 heavy (non-hydrogen) atoms. The summed E-state index contributed by atoms with van der Waals surface area (Å²) in [5.41, 5.74) is 5.05. The monoisotopic (exact) mass is 213 g/mol. The van der Waals surface area contributed by atoms with Crippen molar-refractivity contribution >= 4 is 17.2 Å². The molecular formula is C10H15NO2S. The zero-order valence-corrected chi connectivity index (χ0v) is 9.39. The zero-order chi connectivity index (χ0) is 10.9. The Labute approximate surface area is 87.6 Å². The highest BCUT2D eigenvalue weighted by atomic mass is 32.1. The van der Waals surface area contributed by atoms with Crippen LogP contribution < -0.4 is 5.73 Å². The van der Waals surface area contributed by atoms with Crippen molar-refractivity contribution in [3.8, 4) is 0 Å². The van der Waals surface area contributed by atoms with Gasteiger partial charge in [0.1, 0.15) is 0 Å². The Morgan fingerprint density at radius 1 is 1.50 bits per heavy atom. The van der Waals surface area contributed by atoms with E-state index in [0.29, 0.717) is 4.88 Å². The summed E-state index contributed by atoms with van der Waals surface area (Å²) in [4.78, 5) is 12.5. The normalized spacial score (nSPS) is 14.0. The second-order valence-electron chi connectivity index (χ2n) is 4.26. The number of nitrogens with two attached hydrogens (primary N) is 1. The Morgan fingerprint density at radius 2 is 2.07 bits per heavy atom. The molecule has 1 heterocycles. The van der Waals surface area contributed by atoms with Crippen LogP contribution in [0.5, 0.6) is 0 Å². The molecule has 1 unspecified atom stereocenters. The highest BCUT2D eigenvalue weighted by molar-refractivity contribution is 7.12. The number of hydrogen-bond donors (Lipinski definition) is 2. The summed E-state index contributed by atoms with van der Waals surface area (Å²) in [5.74, 6) is -0.702. The quantitative estimate of drug-likeness (QED) is 0.783. The Balaban J connectivity index is 2.94. The number of thiophene rings is 1. The zero-order valence-electron chi connectivity index (χ0n) is 8.57. The maximum absolute atomic E-state index is 10.7. The minimum Gasteiger partial charge on any atom is -0.378 e. The highest BCUT2D eigenvalue weighted by Gasteiger charge is 2.20. The molecule has 0 bridgehead atoms. The number of aliphatic hydroxyl groups excluding tert-OH is 1. The second kappa shape index (κ2) is 3.71. The molecule has 4 heteroatoms. The van der Waals surface area contributed by atoms with Gasteiger partial charge < -0.3 is 10.8 Å². The Hall–Kier alpha value is -0.870. The maximum atomic E-state index is 10.7. The molecule has 0 fully saturated rings. The van der Waals surface area contributed by atoms with Gasteiger partial charge in [0.2, 0.25) is 0 Å². The van der Waals surface area contributed by atoms with Crippen molar-refractivity contribution in [3.05, 3.63) is 21.9 Å². The van der Waals surface area contributed by atoms with Crippen LogP contribution in [0.4, 0.5) is 0 Å². The molecule has 3 N–H and O–H groups in total. The lowest BCUT2D eigenvalue weighted by molar-refractivity contribution is -0.126. The van der Waals surface area contributed by atoms with Crippen molar-refractivity contribution in [2.45, 2.75) is 32.3 Å². The number of hydrogen-bond acceptors (Lipinski definition) is 3. The SMILES string of the molecule is CC(C)(C)c1ccc(C(O)C(N)=O)s1. The van der Waals surface area contributed by atoms with Crippen molar-refractivity contribution in [1.29, 1.82) is 0 Å². The molecule has 1 amide bonds. The highest BCUT2D eigenvalue weighted by Crippen LogP contribution is 2.32. The third-order valence-corrected chi connectivity index (χ3v) is 3.47. The summed E-state index contributed by atoms with van der Waals surface area (Å²) >= 11 is 1.43. The van der Waals surface area contributed by atoms with Crippen LogP contribution in [-0.4, -0.2) is 11.0 Å². The summed E-state index contributed by atoms with van der Waals surface area (Å²) in [5, 5.41) is 9.41. The van der Waals surface area contributed by atoms with Gasteiger partial charge in [-0.25, -0.2) is 0 Å². The Morgan fingerprint density at radius 3 is 2.43 bits per heavy atom. The molecule has 0 aliphatic heterocycles. The molecule has 78 valence electrons. The van der Waals surface area contributed by atoms with Gasteiger partial charge >= 0.3 is 0 Å². The minimum atomic E-state index is -1.17. The lowest BCUT2D eigenvalue weighted by Gasteiger charge is -2.15. The lowest BCUT2D eigenvalue weighted by atomic mass is 9.95. The molecule has 0 spiro atoms. The van der Waals surface area contributed by atoms with Crippen molar-refractivity contribution in [1.82, 2.24) is 0 Å². The van der Waals surface area contributed by atoms with Crippen LogP contribution in [0.25, 0.3) is 0 Å². The molecule has 0 saturated heterocycles. The summed E-state index contributed by atoms with van der Waals surface area (Å²) < 4.78 is 0. The van der Waals surface area contributed by atoms with Crippen LogP contribution >= 0.6 is 11.3 Å². The molecule has 3 nitrogen and oxygen atoms in total. The smallest absolute Gasteiger partial charge is 0.251 e. The summed E-state index contributed by atoms with van der Waals surface area (Å²) in [6.07, 6.45) is -1.17. The Bertz CT molecular complexity index is 338. The molecule has 0 aliphatic carbocycles. The molecule has 1 rings (SSSR count). The minimum absolute atomic E-state index is 0.0419. The third kappa shape index (κ3) is 2.33. The second-order valence-corrected chi connectivity index (χ2v) is 5.37. The van der Waals surface area contributed by atoms with E-state index in [1.165, 1.54) is 11.3 Å². The van der Waals surface area contributed by atoms with Crippen LogP contribution in [0.3, 0.4) is 0 Å². The van der Waals surface area contributed by atoms with E-state index in [2.05, 4.69) is 20.8 Å². The number of rotatable bonds is 2. The van der Waals surface area contributed by atoms with Gasteiger partial charge in [-0.05, 0) is 17.5 Å². The van der Waals surface area contributed by atoms with Crippen LogP contribution in [0.1, 0.15) is 36.6 Å². The van der Waals surface area contributed by atoms with Crippen molar-refractivity contribution < 1.29 is 9.90 Å². The van der Waals surface area contributed by atoms with E-state index >= 15 is 0 Å². The molecule has 0 aromatic carbocycles. The first kappa shape index (κ1) is 11.2. The molecule has 1 atom stereocenters. The number of primary amides is 1. The van der Waals surface area contributed by atoms with Crippen molar-refractivity contribution in [3.63, 3.8) is 0 Å². The van der Waals surface area contributed by atoms with Gasteiger partial charge in [-0.1, -0.05) is 20.8 Å². The van der Waals surface area contributed by atoms with Gasteiger partial charge in [-0.3, -0.25) is 4.79 Å². The molecular weight excluding hydrogens is 198 g/mol. The lowest BCUT2D eigenvalue weighted by Crippen LogP contribution is -2.19. The van der Waals surface area contributed by atoms with E-state index in [0.717, 1.165) is 4.88 Å². The van der Waals surface area contributed by atoms with Crippen LogP contribution in [0, 0.1) is 0 Å². The molecule has 0 aliphatic rings. The molecule has 1 aromatic rings. The fourth-order valence-corrected chi connectivity index (χ4v) is 2.10. The largest absolute Gasteiger partial charge is 0.378 e. The van der Waals surface area contributed by atoms with Gasteiger partial charge in [-0.15, -0.1) is 11.3 Å². The van der Waals surface area contributed by atoms with Crippen molar-refractivity contribution in [2.75, 3.05) is 0 Å². The van der Waals surface area contributed by atoms with Gasteiger partial charge in [-0.2, -0.15) is 0 Å². The van der Waals surface area contributed by atoms with Crippen LogP contribution in [-0.2, 0) is 10.2 Å². The molecule has 1 aromatic heterocycles. The van der Waals surface area contributed by atoms with Gasteiger partial charge in [0.25, 0.3) is 5.91 Å². The number of aliphatic hydroxyl groups is 1. The molecule has 0 radical (unpaired) electrons. The van der Waals surface area contributed by atoms with E-state index in [9.17, 15) is 9.90 Å². The van der Waals surface area contributed by atoms with E-state index in [-0.39, 0.29) is 5.41 Å². The van der Waals surface area contributed by atoms with Gasteiger partial charge in [0, 0.05) is 9.75 Å². The van der Waals surface area contributed by atoms with Gasteiger partial charge in [0.05, 0.1) is 0 Å². The third-order valence-electron chi connectivity index (χ3n) is 1.90. The average Bonchev–Trinajstić information content (AvgIpc) is 2.49. The Kier molecular flexibility index (Phi) is 2.97. The number of carbonyl (C=O) groups is 1. The first-order valence-corrected chi connectivity index (χ1v) is 5.21. The predicted molar refractivity (Wildman–Crippen MR) is 57.2 cm³/mol. The van der Waals surface area contributed by atoms with Crippen LogP contribution in [0.15, 0.2) is 12.1 Å². The van der Waals surface area contributed by atoms with E-state index in [4.69, 9.17) is 5.73 Å². The van der Waals surface area contributed by atoms with Gasteiger partial charge in [0.15, 0.2) is 6.10 Å². The summed E-state index contributed by atoms with van der Waals surface area (Å²) in [6, 6.07) is 3.67. The summed E-state index contributed by atoms with van der Waals surface area (Å²) in [6.45, 7) is 6.25. The van der Waals surface area contributed by atoms with E-state index in [1.54, 1.807) is 6.07 Å². The summed E-state index contributed by atoms with van der Waals surface area (Å²) in [7, 11) is 0. The van der Waals surface area contributed by atoms with E-state index in [1.807, 2.05) is 6.07 Å².